The molecule has 1 aromatic heterocycles. The second-order valence-corrected chi connectivity index (χ2v) is 7.69. The summed E-state index contributed by atoms with van der Waals surface area (Å²) in [5.41, 5.74) is 0. The number of ether oxygens (including phenoxy) is 1. The number of thiophene rings is 1. The monoisotopic (exact) mass is 318 g/mol. The Bertz CT molecular complexity index is 562. The van der Waals surface area contributed by atoms with Gasteiger partial charge in [-0.1, -0.05) is 0 Å². The van der Waals surface area contributed by atoms with E-state index in [1.165, 1.54) is 6.07 Å². The highest BCUT2D eigenvalue weighted by Crippen LogP contribution is 2.20. The number of hydrogen-bond donors (Lipinski definition) is 2. The van der Waals surface area contributed by atoms with Crippen molar-refractivity contribution < 1.29 is 17.9 Å². The standard InChI is InChI=1S/C12H18N2O4S2/c13-20(16,17)12-5-4-10(19-12)7-11(15)14-8-9-3-1-2-6-18-9/h4-5,9H,1-3,6-8H2,(H,14,15)(H2,13,16,17). The van der Waals surface area contributed by atoms with Gasteiger partial charge in [0, 0.05) is 18.0 Å². The molecular formula is C12H18N2O4S2. The number of nitrogens with two attached hydrogens (primary N) is 1. The van der Waals surface area contributed by atoms with Crippen LogP contribution >= 0.6 is 11.3 Å². The summed E-state index contributed by atoms with van der Waals surface area (Å²) in [4.78, 5) is 12.5. The molecule has 6 nitrogen and oxygen atoms in total. The molecular weight excluding hydrogens is 300 g/mol. The van der Waals surface area contributed by atoms with Crippen molar-refractivity contribution in [3.05, 3.63) is 17.0 Å². The predicted octanol–water partition coefficient (Wildman–Crippen LogP) is 0.623. The van der Waals surface area contributed by atoms with E-state index in [-0.39, 0.29) is 22.6 Å². The number of rotatable bonds is 5. The molecule has 1 saturated heterocycles. The first-order valence-electron chi connectivity index (χ1n) is 6.45. The molecule has 3 N–H and O–H groups in total. The van der Waals surface area contributed by atoms with Gasteiger partial charge in [0.05, 0.1) is 12.5 Å². The molecule has 1 fully saturated rings. The summed E-state index contributed by atoms with van der Waals surface area (Å²) in [6.07, 6.45) is 3.43. The largest absolute Gasteiger partial charge is 0.376 e. The number of carbonyl (C=O) groups excluding carboxylic acids is 1. The fourth-order valence-corrected chi connectivity index (χ4v) is 3.80. The van der Waals surface area contributed by atoms with Gasteiger partial charge < -0.3 is 10.1 Å². The van der Waals surface area contributed by atoms with Crippen LogP contribution in [-0.2, 0) is 26.0 Å². The second kappa shape index (κ2) is 6.66. The third-order valence-corrected chi connectivity index (χ3v) is 5.58. The summed E-state index contributed by atoms with van der Waals surface area (Å²) < 4.78 is 27.9. The Labute approximate surface area is 122 Å². The maximum Gasteiger partial charge on any atom is 0.247 e. The van der Waals surface area contributed by atoms with Crippen LogP contribution in [0.15, 0.2) is 16.3 Å². The first-order chi connectivity index (χ1) is 9.45. The lowest BCUT2D eigenvalue weighted by atomic mass is 10.1. The number of primary sulfonamides is 1. The van der Waals surface area contributed by atoms with Crippen LogP contribution in [0.25, 0.3) is 0 Å². The van der Waals surface area contributed by atoms with E-state index < -0.39 is 10.0 Å². The minimum absolute atomic E-state index is 0.0795. The summed E-state index contributed by atoms with van der Waals surface area (Å²) in [6.45, 7) is 1.26. The first-order valence-corrected chi connectivity index (χ1v) is 8.81. The molecule has 0 saturated carbocycles. The topological polar surface area (TPSA) is 98.5 Å². The zero-order valence-corrected chi connectivity index (χ0v) is 12.6. The summed E-state index contributed by atoms with van der Waals surface area (Å²) in [6, 6.07) is 3.04. The van der Waals surface area contributed by atoms with Crippen LogP contribution in [0, 0.1) is 0 Å². The molecule has 1 amide bonds. The third kappa shape index (κ3) is 4.55. The highest BCUT2D eigenvalue weighted by molar-refractivity contribution is 7.91. The Hall–Kier alpha value is -0.960. The van der Waals surface area contributed by atoms with Crippen LogP contribution in [-0.4, -0.2) is 33.6 Å². The fourth-order valence-electron chi connectivity index (χ4n) is 2.02. The quantitative estimate of drug-likeness (QED) is 0.831. The number of carbonyl (C=O) groups is 1. The molecule has 0 bridgehead atoms. The van der Waals surface area contributed by atoms with E-state index in [2.05, 4.69) is 5.32 Å². The van der Waals surface area contributed by atoms with E-state index >= 15 is 0 Å². The lowest BCUT2D eigenvalue weighted by Crippen LogP contribution is -2.36. The van der Waals surface area contributed by atoms with Crippen LogP contribution in [0.2, 0.25) is 0 Å². The zero-order chi connectivity index (χ0) is 14.6. The van der Waals surface area contributed by atoms with E-state index in [0.29, 0.717) is 11.4 Å². The maximum absolute atomic E-state index is 11.8. The SMILES string of the molecule is NS(=O)(=O)c1ccc(CC(=O)NCC2CCCCO2)s1. The molecule has 1 atom stereocenters. The molecule has 20 heavy (non-hydrogen) atoms. The van der Waals surface area contributed by atoms with E-state index in [1.807, 2.05) is 0 Å². The van der Waals surface area contributed by atoms with Crippen LogP contribution in [0.5, 0.6) is 0 Å². The van der Waals surface area contributed by atoms with Gasteiger partial charge in [0.2, 0.25) is 15.9 Å². The number of hydrogen-bond acceptors (Lipinski definition) is 5. The van der Waals surface area contributed by atoms with Gasteiger partial charge in [-0.05, 0) is 31.4 Å². The molecule has 0 spiro atoms. The molecule has 0 aliphatic carbocycles. The molecule has 0 aromatic carbocycles. The lowest BCUT2D eigenvalue weighted by Gasteiger charge is -2.22. The van der Waals surface area contributed by atoms with Crippen molar-refractivity contribution >= 4 is 27.3 Å². The maximum atomic E-state index is 11.8. The summed E-state index contributed by atoms with van der Waals surface area (Å²) in [5, 5.41) is 7.83. The van der Waals surface area contributed by atoms with Crippen molar-refractivity contribution in [3.8, 4) is 0 Å². The highest BCUT2D eigenvalue weighted by atomic mass is 32.2. The molecule has 112 valence electrons. The minimum atomic E-state index is -3.68. The fraction of sp³-hybridized carbons (Fsp3) is 0.583. The van der Waals surface area contributed by atoms with Crippen molar-refractivity contribution in [2.24, 2.45) is 5.14 Å². The molecule has 0 radical (unpaired) electrons. The van der Waals surface area contributed by atoms with Crippen molar-refractivity contribution in [2.75, 3.05) is 13.2 Å². The Morgan fingerprint density at radius 2 is 2.25 bits per heavy atom. The Morgan fingerprint density at radius 3 is 2.85 bits per heavy atom. The van der Waals surface area contributed by atoms with Gasteiger partial charge in [-0.25, -0.2) is 13.6 Å². The molecule has 2 heterocycles. The summed E-state index contributed by atoms with van der Waals surface area (Å²) in [7, 11) is -3.68. The van der Waals surface area contributed by atoms with Gasteiger partial charge in [-0.3, -0.25) is 4.79 Å². The molecule has 2 rings (SSSR count). The van der Waals surface area contributed by atoms with E-state index in [1.54, 1.807) is 6.07 Å². The molecule has 1 unspecified atom stereocenters. The Kier molecular flexibility index (Phi) is 5.14. The summed E-state index contributed by atoms with van der Waals surface area (Å²) >= 11 is 1.02. The van der Waals surface area contributed by atoms with Gasteiger partial charge in [-0.15, -0.1) is 11.3 Å². The molecule has 8 heteroatoms. The van der Waals surface area contributed by atoms with Crippen LogP contribution < -0.4 is 10.5 Å². The van der Waals surface area contributed by atoms with Crippen LogP contribution in [0.1, 0.15) is 24.1 Å². The van der Waals surface area contributed by atoms with Gasteiger partial charge in [0.15, 0.2) is 0 Å². The first kappa shape index (κ1) is 15.4. The van der Waals surface area contributed by atoms with E-state index in [0.717, 1.165) is 37.2 Å². The average molecular weight is 318 g/mol. The number of nitrogens with one attached hydrogen (secondary N) is 1. The van der Waals surface area contributed by atoms with E-state index in [9.17, 15) is 13.2 Å². The predicted molar refractivity (Wildman–Crippen MR) is 76.0 cm³/mol. The summed E-state index contributed by atoms with van der Waals surface area (Å²) in [5.74, 6) is -0.137. The molecule has 1 aliphatic heterocycles. The zero-order valence-electron chi connectivity index (χ0n) is 11.0. The van der Waals surface area contributed by atoms with Gasteiger partial charge in [0.1, 0.15) is 4.21 Å². The van der Waals surface area contributed by atoms with Crippen LogP contribution in [0.4, 0.5) is 0 Å². The highest BCUT2D eigenvalue weighted by Gasteiger charge is 2.16. The third-order valence-electron chi connectivity index (χ3n) is 3.05. The minimum Gasteiger partial charge on any atom is -0.376 e. The Balaban J connectivity index is 1.80. The smallest absolute Gasteiger partial charge is 0.247 e. The number of amides is 1. The van der Waals surface area contributed by atoms with Crippen LogP contribution in [0.3, 0.4) is 0 Å². The van der Waals surface area contributed by atoms with Crippen molar-refractivity contribution in [1.82, 2.24) is 5.32 Å². The van der Waals surface area contributed by atoms with Gasteiger partial charge >= 0.3 is 0 Å². The van der Waals surface area contributed by atoms with E-state index in [4.69, 9.17) is 9.88 Å². The number of sulfonamides is 1. The Morgan fingerprint density at radius 1 is 1.45 bits per heavy atom. The van der Waals surface area contributed by atoms with Crippen molar-refractivity contribution in [3.63, 3.8) is 0 Å². The van der Waals surface area contributed by atoms with Gasteiger partial charge in [0.25, 0.3) is 0 Å². The second-order valence-electron chi connectivity index (χ2n) is 4.74. The normalized spacial score (nSPS) is 19.8. The van der Waals surface area contributed by atoms with Crippen molar-refractivity contribution in [1.29, 1.82) is 0 Å². The molecule has 1 aromatic rings. The average Bonchev–Trinajstić information content (AvgIpc) is 2.86. The molecule has 1 aliphatic rings. The lowest BCUT2D eigenvalue weighted by molar-refractivity contribution is -0.121. The van der Waals surface area contributed by atoms with Crippen molar-refractivity contribution in [2.45, 2.75) is 36.0 Å². The van der Waals surface area contributed by atoms with Gasteiger partial charge in [-0.2, -0.15) is 0 Å².